The van der Waals surface area contributed by atoms with Gasteiger partial charge in [0.1, 0.15) is 11.9 Å². The number of hydrogen-bond donors (Lipinski definition) is 0. The van der Waals surface area contributed by atoms with Gasteiger partial charge in [-0.1, -0.05) is 41.9 Å². The molecule has 5 nitrogen and oxygen atoms in total. The van der Waals surface area contributed by atoms with Crippen LogP contribution in [0, 0.1) is 0 Å². The first-order valence-corrected chi connectivity index (χ1v) is 8.86. The fourth-order valence-electron chi connectivity index (χ4n) is 2.92. The summed E-state index contributed by atoms with van der Waals surface area (Å²) < 4.78 is 11.1. The highest BCUT2D eigenvalue weighted by Gasteiger charge is 2.31. The van der Waals surface area contributed by atoms with Gasteiger partial charge < -0.3 is 14.4 Å². The Morgan fingerprint density at radius 1 is 1.23 bits per heavy atom. The van der Waals surface area contributed by atoms with Crippen molar-refractivity contribution >= 4 is 29.2 Å². The quantitative estimate of drug-likeness (QED) is 0.739. The monoisotopic (exact) mass is 373 g/mol. The average molecular weight is 374 g/mol. The summed E-state index contributed by atoms with van der Waals surface area (Å²) in [6.07, 6.45) is -0.951. The Labute approximate surface area is 157 Å². The number of rotatable bonds is 5. The fraction of sp³-hybridized carbons (Fsp3) is 0.300. The van der Waals surface area contributed by atoms with Gasteiger partial charge in [0, 0.05) is 17.1 Å². The van der Waals surface area contributed by atoms with E-state index in [0.717, 1.165) is 5.56 Å². The van der Waals surface area contributed by atoms with Crippen molar-refractivity contribution in [3.8, 4) is 5.75 Å². The second-order valence-electron chi connectivity index (χ2n) is 6.12. The first kappa shape index (κ1) is 18.3. The summed E-state index contributed by atoms with van der Waals surface area (Å²) in [6.45, 7) is 3.71. The minimum absolute atomic E-state index is 0.0849. The van der Waals surface area contributed by atoms with E-state index >= 15 is 0 Å². The Hall–Kier alpha value is -2.53. The van der Waals surface area contributed by atoms with Gasteiger partial charge in [-0.15, -0.1) is 0 Å². The molecule has 3 rings (SSSR count). The molecule has 0 spiro atoms. The number of para-hydroxylation sites is 2. The Kier molecular flexibility index (Phi) is 5.47. The molecule has 0 saturated heterocycles. The van der Waals surface area contributed by atoms with Crippen LogP contribution in [0.3, 0.4) is 0 Å². The van der Waals surface area contributed by atoms with E-state index in [1.165, 1.54) is 0 Å². The molecule has 2 aromatic rings. The van der Waals surface area contributed by atoms with Crippen LogP contribution < -0.4 is 9.64 Å². The molecule has 2 atom stereocenters. The maximum atomic E-state index is 12.4. The molecule has 1 aliphatic rings. The van der Waals surface area contributed by atoms with E-state index < -0.39 is 12.2 Å². The van der Waals surface area contributed by atoms with Gasteiger partial charge in [-0.2, -0.15) is 0 Å². The second kappa shape index (κ2) is 7.79. The molecule has 0 N–H and O–H groups in total. The Balaban J connectivity index is 1.64. The molecular weight excluding hydrogens is 354 g/mol. The number of carbonyl (C=O) groups is 2. The summed E-state index contributed by atoms with van der Waals surface area (Å²) >= 11 is 6.13. The molecule has 6 heteroatoms. The molecule has 0 fully saturated rings. The van der Waals surface area contributed by atoms with E-state index in [4.69, 9.17) is 21.1 Å². The lowest BCUT2D eigenvalue weighted by molar-refractivity contribution is -0.148. The van der Waals surface area contributed by atoms with Crippen LogP contribution in [-0.2, 0) is 14.3 Å². The van der Waals surface area contributed by atoms with Gasteiger partial charge in [-0.05, 0) is 32.0 Å². The van der Waals surface area contributed by atoms with Gasteiger partial charge in [0.2, 0.25) is 0 Å². The van der Waals surface area contributed by atoms with Crippen LogP contribution in [0.2, 0.25) is 5.02 Å². The lowest BCUT2D eigenvalue weighted by Crippen LogP contribution is -2.45. The maximum absolute atomic E-state index is 12.4. The summed E-state index contributed by atoms with van der Waals surface area (Å²) in [5.74, 6) is 0.0786. The standard InChI is InChI=1S/C20H20ClNO4/c1-13(15-7-3-4-8-16(15)21)26-19(23)11-12-22-17-9-5-6-10-18(17)25-14(2)20(22)24/h3-10,13-14H,11-12H2,1-2H3. The van der Waals surface area contributed by atoms with Crippen molar-refractivity contribution in [2.75, 3.05) is 11.4 Å². The molecule has 136 valence electrons. The molecule has 1 heterocycles. The highest BCUT2D eigenvalue weighted by molar-refractivity contribution is 6.31. The highest BCUT2D eigenvalue weighted by Crippen LogP contribution is 2.33. The third-order valence-corrected chi connectivity index (χ3v) is 4.61. The van der Waals surface area contributed by atoms with Crippen molar-refractivity contribution in [2.24, 2.45) is 0 Å². The molecular formula is C20H20ClNO4. The Morgan fingerprint density at radius 2 is 1.92 bits per heavy atom. The van der Waals surface area contributed by atoms with Crippen molar-refractivity contribution in [3.05, 3.63) is 59.1 Å². The molecule has 26 heavy (non-hydrogen) atoms. The first-order chi connectivity index (χ1) is 12.5. The van der Waals surface area contributed by atoms with Gasteiger partial charge in [0.25, 0.3) is 5.91 Å². The summed E-state index contributed by atoms with van der Waals surface area (Å²) in [5, 5.41) is 0.555. The zero-order valence-electron chi connectivity index (χ0n) is 14.6. The van der Waals surface area contributed by atoms with E-state index in [0.29, 0.717) is 16.5 Å². The molecule has 0 saturated carbocycles. The van der Waals surface area contributed by atoms with Crippen LogP contribution in [0.15, 0.2) is 48.5 Å². The third kappa shape index (κ3) is 3.83. The number of halogens is 1. The Bertz CT molecular complexity index is 823. The van der Waals surface area contributed by atoms with E-state index in [2.05, 4.69) is 0 Å². The predicted molar refractivity (Wildman–Crippen MR) is 99.5 cm³/mol. The minimum atomic E-state index is -0.581. The SMILES string of the molecule is CC1Oc2ccccc2N(CCC(=O)OC(C)c2ccccc2Cl)C1=O. The molecule has 1 amide bonds. The summed E-state index contributed by atoms with van der Waals surface area (Å²) in [7, 11) is 0. The Morgan fingerprint density at radius 3 is 2.69 bits per heavy atom. The molecule has 2 unspecified atom stereocenters. The van der Waals surface area contributed by atoms with Crippen molar-refractivity contribution in [2.45, 2.75) is 32.5 Å². The summed E-state index contributed by atoms with van der Waals surface area (Å²) in [4.78, 5) is 26.2. The molecule has 0 aromatic heterocycles. The molecule has 0 bridgehead atoms. The van der Waals surface area contributed by atoms with Crippen LogP contribution >= 0.6 is 11.6 Å². The van der Waals surface area contributed by atoms with E-state index in [1.807, 2.05) is 36.4 Å². The lowest BCUT2D eigenvalue weighted by atomic mass is 10.1. The minimum Gasteiger partial charge on any atom is -0.479 e. The topological polar surface area (TPSA) is 55.8 Å². The van der Waals surface area contributed by atoms with Gasteiger partial charge in [0.05, 0.1) is 12.1 Å². The van der Waals surface area contributed by atoms with Crippen LogP contribution in [0.1, 0.15) is 31.9 Å². The molecule has 0 aliphatic carbocycles. The fourth-order valence-corrected chi connectivity index (χ4v) is 3.21. The highest BCUT2D eigenvalue weighted by atomic mass is 35.5. The average Bonchev–Trinajstić information content (AvgIpc) is 2.62. The van der Waals surface area contributed by atoms with E-state index in [-0.39, 0.29) is 24.8 Å². The lowest BCUT2D eigenvalue weighted by Gasteiger charge is -2.32. The van der Waals surface area contributed by atoms with Crippen LogP contribution in [0.5, 0.6) is 5.75 Å². The zero-order valence-corrected chi connectivity index (χ0v) is 15.4. The number of fused-ring (bicyclic) bond motifs is 1. The smallest absolute Gasteiger partial charge is 0.308 e. The zero-order chi connectivity index (χ0) is 18.7. The third-order valence-electron chi connectivity index (χ3n) is 4.26. The number of ether oxygens (including phenoxy) is 2. The van der Waals surface area contributed by atoms with Gasteiger partial charge >= 0.3 is 5.97 Å². The molecule has 2 aromatic carbocycles. The molecule has 0 radical (unpaired) electrons. The number of carbonyl (C=O) groups excluding carboxylic acids is 2. The number of esters is 1. The van der Waals surface area contributed by atoms with Crippen LogP contribution in [0.25, 0.3) is 0 Å². The normalized spacial score (nSPS) is 17.3. The number of hydrogen-bond acceptors (Lipinski definition) is 4. The van der Waals surface area contributed by atoms with Crippen LogP contribution in [-0.4, -0.2) is 24.5 Å². The summed E-state index contributed by atoms with van der Waals surface area (Å²) in [6, 6.07) is 14.5. The number of anilines is 1. The van der Waals surface area contributed by atoms with Gasteiger partial charge in [-0.25, -0.2) is 0 Å². The van der Waals surface area contributed by atoms with Gasteiger partial charge in [-0.3, -0.25) is 9.59 Å². The van der Waals surface area contributed by atoms with Gasteiger partial charge in [0.15, 0.2) is 6.10 Å². The van der Waals surface area contributed by atoms with E-state index in [1.54, 1.807) is 30.9 Å². The maximum Gasteiger partial charge on any atom is 0.308 e. The number of benzene rings is 2. The number of nitrogens with zero attached hydrogens (tertiary/aromatic N) is 1. The number of amides is 1. The first-order valence-electron chi connectivity index (χ1n) is 8.48. The summed E-state index contributed by atoms with van der Waals surface area (Å²) in [5.41, 5.74) is 1.42. The largest absolute Gasteiger partial charge is 0.479 e. The van der Waals surface area contributed by atoms with Crippen molar-refractivity contribution in [1.29, 1.82) is 0 Å². The second-order valence-corrected chi connectivity index (χ2v) is 6.53. The van der Waals surface area contributed by atoms with Crippen LogP contribution in [0.4, 0.5) is 5.69 Å². The molecule has 1 aliphatic heterocycles. The predicted octanol–water partition coefficient (Wildman–Crippen LogP) is 4.15. The van der Waals surface area contributed by atoms with E-state index in [9.17, 15) is 9.59 Å². The van der Waals surface area contributed by atoms with Crippen molar-refractivity contribution in [1.82, 2.24) is 0 Å². The van der Waals surface area contributed by atoms with Crippen molar-refractivity contribution in [3.63, 3.8) is 0 Å². The van der Waals surface area contributed by atoms with Crippen molar-refractivity contribution < 1.29 is 19.1 Å².